The molecule has 0 aromatic heterocycles. The van der Waals surface area contributed by atoms with Gasteiger partial charge in [0.2, 0.25) is 0 Å². The first-order chi connectivity index (χ1) is 15.5. The second kappa shape index (κ2) is 8.45. The fourth-order valence-electron chi connectivity index (χ4n) is 5.70. The van der Waals surface area contributed by atoms with E-state index in [9.17, 15) is 0 Å². The molecule has 3 aromatic rings. The van der Waals surface area contributed by atoms with Gasteiger partial charge in [0.05, 0.1) is 28.0 Å². The van der Waals surface area contributed by atoms with E-state index in [1.54, 1.807) is 21.3 Å². The van der Waals surface area contributed by atoms with Crippen molar-refractivity contribution in [1.82, 2.24) is 9.80 Å². The zero-order chi connectivity index (χ0) is 22.4. The molecule has 5 heteroatoms. The average molecular weight is 435 g/mol. The zero-order valence-corrected chi connectivity index (χ0v) is 19.9. The topological polar surface area (TPSA) is 34.2 Å². The van der Waals surface area contributed by atoms with E-state index in [0.717, 1.165) is 36.9 Å². The number of hydrogen-bond acceptors (Lipinski definition) is 5. The first kappa shape index (κ1) is 21.4. The molecule has 0 saturated carbocycles. The molecule has 5 nitrogen and oxygen atoms in total. The Morgan fingerprint density at radius 1 is 0.875 bits per heavy atom. The standard InChI is InChI=1S/C27H34N2O3/c1-17(2)14-28-9-8-18-10-21-23-12-26(31-4)27(32-5)13-24(23)22-11-19(30-3)6-7-20(22)25(21)15-29(18)16-28/h6-7,11-13,17-18H,8-10,14-16H2,1-5H3/t18-/m1/s1. The van der Waals surface area contributed by atoms with E-state index in [1.165, 1.54) is 52.2 Å². The summed E-state index contributed by atoms with van der Waals surface area (Å²) < 4.78 is 16.9. The number of hydrogen-bond donors (Lipinski definition) is 0. The van der Waals surface area contributed by atoms with Crippen LogP contribution in [0.2, 0.25) is 0 Å². The van der Waals surface area contributed by atoms with Crippen LogP contribution in [0.5, 0.6) is 17.2 Å². The number of nitrogens with zero attached hydrogens (tertiary/aromatic N) is 2. The van der Waals surface area contributed by atoms with Crippen LogP contribution in [-0.4, -0.2) is 56.9 Å². The van der Waals surface area contributed by atoms with Gasteiger partial charge in [-0.25, -0.2) is 0 Å². The Labute approximate surface area is 190 Å². The number of ether oxygens (including phenoxy) is 3. The second-order valence-corrected chi connectivity index (χ2v) is 9.63. The first-order valence-electron chi connectivity index (χ1n) is 11.7. The Balaban J connectivity index is 1.69. The molecular weight excluding hydrogens is 400 g/mol. The number of methoxy groups -OCH3 is 3. The summed E-state index contributed by atoms with van der Waals surface area (Å²) in [5.41, 5.74) is 2.92. The molecule has 2 aliphatic heterocycles. The lowest BCUT2D eigenvalue weighted by atomic mass is 9.83. The monoisotopic (exact) mass is 434 g/mol. The van der Waals surface area contributed by atoms with E-state index < -0.39 is 0 Å². The van der Waals surface area contributed by atoms with E-state index >= 15 is 0 Å². The van der Waals surface area contributed by atoms with Gasteiger partial charge in [0, 0.05) is 25.7 Å². The number of fused-ring (bicyclic) bond motifs is 7. The fourth-order valence-corrected chi connectivity index (χ4v) is 5.70. The van der Waals surface area contributed by atoms with Crippen molar-refractivity contribution in [3.63, 3.8) is 0 Å². The van der Waals surface area contributed by atoms with Crippen molar-refractivity contribution in [1.29, 1.82) is 0 Å². The molecule has 0 spiro atoms. The normalized spacial score (nSPS) is 19.2. The highest BCUT2D eigenvalue weighted by Crippen LogP contribution is 2.43. The highest BCUT2D eigenvalue weighted by Gasteiger charge is 2.33. The molecule has 5 rings (SSSR count). The van der Waals surface area contributed by atoms with Gasteiger partial charge in [-0.05, 0) is 75.7 Å². The summed E-state index contributed by atoms with van der Waals surface area (Å²) >= 11 is 0. The molecule has 0 unspecified atom stereocenters. The summed E-state index contributed by atoms with van der Waals surface area (Å²) in [5, 5.41) is 5.03. The van der Waals surface area contributed by atoms with Crippen molar-refractivity contribution in [2.45, 2.75) is 39.3 Å². The van der Waals surface area contributed by atoms with Crippen LogP contribution in [0.3, 0.4) is 0 Å². The predicted molar refractivity (Wildman–Crippen MR) is 130 cm³/mol. The van der Waals surface area contributed by atoms with Gasteiger partial charge in [-0.1, -0.05) is 19.9 Å². The molecule has 2 heterocycles. The first-order valence-corrected chi connectivity index (χ1v) is 11.7. The van der Waals surface area contributed by atoms with Gasteiger partial charge < -0.3 is 14.2 Å². The Hall–Kier alpha value is -2.50. The third-order valence-electron chi connectivity index (χ3n) is 7.16. The van der Waals surface area contributed by atoms with Crippen molar-refractivity contribution in [2.75, 3.05) is 41.1 Å². The van der Waals surface area contributed by atoms with Crippen molar-refractivity contribution in [3.8, 4) is 17.2 Å². The molecule has 0 amide bonds. The molecule has 170 valence electrons. The molecule has 1 saturated heterocycles. The highest BCUT2D eigenvalue weighted by atomic mass is 16.5. The van der Waals surface area contributed by atoms with E-state index in [1.807, 2.05) is 0 Å². The van der Waals surface area contributed by atoms with E-state index in [0.29, 0.717) is 12.0 Å². The van der Waals surface area contributed by atoms with E-state index in [2.05, 4.69) is 54.0 Å². The average Bonchev–Trinajstić information content (AvgIpc) is 2.81. The van der Waals surface area contributed by atoms with Crippen LogP contribution < -0.4 is 14.2 Å². The predicted octanol–water partition coefficient (Wildman–Crippen LogP) is 5.06. The molecule has 0 N–H and O–H groups in total. The fraction of sp³-hybridized carbons (Fsp3) is 0.481. The Bertz CT molecular complexity index is 1160. The molecular formula is C27H34N2O3. The minimum absolute atomic E-state index is 0.595. The SMILES string of the molecule is COc1ccc2c3c(c4cc(OC)c(OC)cc4c2c1)C[C@H]1CCN(CC(C)C)CN1C3. The molecule has 1 fully saturated rings. The lowest BCUT2D eigenvalue weighted by Crippen LogP contribution is -2.53. The highest BCUT2D eigenvalue weighted by molar-refractivity contribution is 6.12. The Morgan fingerprint density at radius 3 is 2.28 bits per heavy atom. The second-order valence-electron chi connectivity index (χ2n) is 9.63. The van der Waals surface area contributed by atoms with Crippen LogP contribution in [-0.2, 0) is 13.0 Å². The quantitative estimate of drug-likeness (QED) is 0.524. The van der Waals surface area contributed by atoms with E-state index in [4.69, 9.17) is 14.2 Å². The molecule has 1 atom stereocenters. The van der Waals surface area contributed by atoms with Gasteiger partial charge in [-0.2, -0.15) is 0 Å². The maximum Gasteiger partial charge on any atom is 0.161 e. The summed E-state index contributed by atoms with van der Waals surface area (Å²) in [6, 6.07) is 11.4. The van der Waals surface area contributed by atoms with Crippen molar-refractivity contribution >= 4 is 21.5 Å². The summed E-state index contributed by atoms with van der Waals surface area (Å²) in [7, 11) is 5.15. The van der Waals surface area contributed by atoms with Gasteiger partial charge in [0.1, 0.15) is 5.75 Å². The number of rotatable bonds is 5. The van der Waals surface area contributed by atoms with Crippen LogP contribution in [0.1, 0.15) is 31.4 Å². The molecule has 0 bridgehead atoms. The summed E-state index contributed by atoms with van der Waals surface area (Å²) in [5.74, 6) is 3.13. The maximum absolute atomic E-state index is 5.68. The van der Waals surface area contributed by atoms with E-state index in [-0.39, 0.29) is 0 Å². The molecule has 3 aromatic carbocycles. The van der Waals surface area contributed by atoms with Gasteiger partial charge >= 0.3 is 0 Å². The van der Waals surface area contributed by atoms with Gasteiger partial charge in [-0.15, -0.1) is 0 Å². The van der Waals surface area contributed by atoms with Crippen LogP contribution in [0.15, 0.2) is 30.3 Å². The van der Waals surface area contributed by atoms with Crippen LogP contribution in [0.4, 0.5) is 0 Å². The zero-order valence-electron chi connectivity index (χ0n) is 19.9. The lowest BCUT2D eigenvalue weighted by Gasteiger charge is -2.45. The minimum atomic E-state index is 0.595. The third kappa shape index (κ3) is 3.57. The van der Waals surface area contributed by atoms with Crippen LogP contribution in [0.25, 0.3) is 21.5 Å². The van der Waals surface area contributed by atoms with Crippen molar-refractivity contribution in [2.24, 2.45) is 5.92 Å². The minimum Gasteiger partial charge on any atom is -0.497 e. The largest absolute Gasteiger partial charge is 0.497 e. The molecule has 32 heavy (non-hydrogen) atoms. The number of benzene rings is 3. The molecule has 0 aliphatic carbocycles. The van der Waals surface area contributed by atoms with Crippen LogP contribution in [0, 0.1) is 5.92 Å². The smallest absolute Gasteiger partial charge is 0.161 e. The summed E-state index contributed by atoms with van der Waals surface area (Å²) in [6.45, 7) is 9.03. The third-order valence-corrected chi connectivity index (χ3v) is 7.16. The van der Waals surface area contributed by atoms with Gasteiger partial charge in [0.25, 0.3) is 0 Å². The summed E-state index contributed by atoms with van der Waals surface area (Å²) in [4.78, 5) is 5.30. The molecule has 0 radical (unpaired) electrons. The van der Waals surface area contributed by atoms with Crippen molar-refractivity contribution in [3.05, 3.63) is 41.5 Å². The Morgan fingerprint density at radius 2 is 1.59 bits per heavy atom. The van der Waals surface area contributed by atoms with Crippen molar-refractivity contribution < 1.29 is 14.2 Å². The maximum atomic E-state index is 5.68. The van der Waals surface area contributed by atoms with Gasteiger partial charge in [-0.3, -0.25) is 9.80 Å². The Kier molecular flexibility index (Phi) is 5.64. The van der Waals surface area contributed by atoms with Crippen LogP contribution >= 0.6 is 0 Å². The molecule has 2 aliphatic rings. The summed E-state index contributed by atoms with van der Waals surface area (Å²) in [6.07, 6.45) is 2.31. The van der Waals surface area contributed by atoms with Gasteiger partial charge in [0.15, 0.2) is 11.5 Å². The lowest BCUT2D eigenvalue weighted by molar-refractivity contribution is 0.0206.